The molecule has 0 bridgehead atoms. The quantitative estimate of drug-likeness (QED) is 0.279. The van der Waals surface area contributed by atoms with Crippen LogP contribution in [-0.4, -0.2) is 78.3 Å². The summed E-state index contributed by atoms with van der Waals surface area (Å²) in [7, 11) is 5.68. The highest BCUT2D eigenvalue weighted by molar-refractivity contribution is 5.65. The molecule has 0 aromatic heterocycles. The topological polar surface area (TPSA) is 93.8 Å². The number of aliphatic imine (C=N–C) groups is 1. The summed E-state index contributed by atoms with van der Waals surface area (Å²) in [5.74, 6) is 0.378. The van der Waals surface area contributed by atoms with Gasteiger partial charge in [-0.25, -0.2) is 0 Å². The lowest BCUT2D eigenvalue weighted by atomic mass is 9.95. The number of hydrogen-bond acceptors (Lipinski definition) is 8. The van der Waals surface area contributed by atoms with Gasteiger partial charge in [0.05, 0.1) is 6.17 Å². The van der Waals surface area contributed by atoms with Crippen molar-refractivity contribution in [2.24, 2.45) is 10.9 Å². The average Bonchev–Trinajstić information content (AvgIpc) is 2.59. The lowest BCUT2D eigenvalue weighted by molar-refractivity contribution is 0.0468. The Hall–Kier alpha value is -0.610. The van der Waals surface area contributed by atoms with Gasteiger partial charge in [-0.15, -0.1) is 0 Å². The molecular formula is C15H33N7O. The molecule has 0 aliphatic carbocycles. The summed E-state index contributed by atoms with van der Waals surface area (Å²) in [6.45, 7) is 3.84. The summed E-state index contributed by atoms with van der Waals surface area (Å²) in [5, 5.41) is 20.4. The predicted octanol–water partition coefficient (Wildman–Crippen LogP) is -1.77. The number of nitrogens with one attached hydrogen (secondary N) is 6. The van der Waals surface area contributed by atoms with Crippen molar-refractivity contribution in [2.45, 2.75) is 37.6 Å². The van der Waals surface area contributed by atoms with Crippen molar-refractivity contribution in [3.8, 4) is 0 Å². The van der Waals surface area contributed by atoms with E-state index in [0.717, 1.165) is 39.0 Å². The summed E-state index contributed by atoms with van der Waals surface area (Å²) in [4.78, 5) is 4.58. The highest BCUT2D eigenvalue weighted by Crippen LogP contribution is 2.19. The summed E-state index contributed by atoms with van der Waals surface area (Å²) in [5.41, 5.74) is 0. The molecule has 5 unspecified atom stereocenters. The molecule has 8 heteroatoms. The second-order valence-corrected chi connectivity index (χ2v) is 6.18. The average molecular weight is 327 g/mol. The van der Waals surface area contributed by atoms with Gasteiger partial charge in [0.25, 0.3) is 0 Å². The maximum atomic E-state index is 5.51. The maximum Gasteiger partial charge on any atom is 0.151 e. The molecule has 8 nitrogen and oxygen atoms in total. The second kappa shape index (κ2) is 10.3. The van der Waals surface area contributed by atoms with Crippen molar-refractivity contribution in [2.75, 3.05) is 47.4 Å². The minimum Gasteiger partial charge on any atom is -0.359 e. The minimum atomic E-state index is -0.0486. The van der Waals surface area contributed by atoms with E-state index in [4.69, 9.17) is 4.74 Å². The molecule has 2 aliphatic rings. The van der Waals surface area contributed by atoms with Crippen LogP contribution in [0.2, 0.25) is 0 Å². The van der Waals surface area contributed by atoms with Crippen LogP contribution in [-0.2, 0) is 4.74 Å². The molecule has 134 valence electrons. The van der Waals surface area contributed by atoms with Crippen LogP contribution in [0.15, 0.2) is 4.99 Å². The van der Waals surface area contributed by atoms with Gasteiger partial charge >= 0.3 is 0 Å². The predicted molar refractivity (Wildman–Crippen MR) is 93.5 cm³/mol. The van der Waals surface area contributed by atoms with E-state index >= 15 is 0 Å². The van der Waals surface area contributed by atoms with E-state index in [1.54, 1.807) is 7.11 Å². The Bertz CT molecular complexity index is 355. The van der Waals surface area contributed by atoms with Gasteiger partial charge < -0.3 is 20.7 Å². The first kappa shape index (κ1) is 18.7. The first-order valence-electron chi connectivity index (χ1n) is 8.61. The SMILES string of the molecule is CNCCNCC1CC(NC2NCCC(NC)N2)C=NC1OC. The van der Waals surface area contributed by atoms with E-state index in [-0.39, 0.29) is 18.6 Å². The van der Waals surface area contributed by atoms with Crippen LogP contribution in [0.3, 0.4) is 0 Å². The van der Waals surface area contributed by atoms with Crippen LogP contribution in [0.4, 0.5) is 0 Å². The molecule has 0 amide bonds. The van der Waals surface area contributed by atoms with E-state index in [0.29, 0.717) is 12.1 Å². The maximum absolute atomic E-state index is 5.51. The standard InChI is InChI=1S/C15H33N7O/c1-16-6-7-18-9-11-8-12(10-20-14(11)23-3)21-15-19-5-4-13(17-2)22-15/h10-19,21-22H,4-9H2,1-3H3. The monoisotopic (exact) mass is 327 g/mol. The van der Waals surface area contributed by atoms with Gasteiger partial charge in [0.2, 0.25) is 0 Å². The summed E-state index contributed by atoms with van der Waals surface area (Å²) in [6, 6.07) is 0.248. The van der Waals surface area contributed by atoms with Crippen LogP contribution in [0, 0.1) is 5.92 Å². The van der Waals surface area contributed by atoms with Crippen molar-refractivity contribution in [1.82, 2.24) is 31.9 Å². The molecule has 0 aromatic rings. The third-order valence-electron chi connectivity index (χ3n) is 4.45. The Morgan fingerprint density at radius 2 is 2.17 bits per heavy atom. The molecule has 0 aromatic carbocycles. The Kier molecular flexibility index (Phi) is 8.38. The van der Waals surface area contributed by atoms with Gasteiger partial charge in [-0.3, -0.25) is 20.9 Å². The van der Waals surface area contributed by atoms with Crippen LogP contribution in [0.25, 0.3) is 0 Å². The number of ether oxygens (including phenoxy) is 1. The molecule has 1 saturated heterocycles. The van der Waals surface area contributed by atoms with Gasteiger partial charge in [-0.05, 0) is 26.9 Å². The van der Waals surface area contributed by atoms with E-state index in [2.05, 4.69) is 36.9 Å². The number of nitrogens with zero attached hydrogens (tertiary/aromatic N) is 1. The summed E-state index contributed by atoms with van der Waals surface area (Å²) < 4.78 is 5.51. The number of likely N-dealkylation sites (N-methyl/N-ethyl adjacent to an activating group) is 1. The zero-order valence-electron chi connectivity index (χ0n) is 14.6. The van der Waals surface area contributed by atoms with E-state index in [1.807, 2.05) is 20.3 Å². The Morgan fingerprint density at radius 3 is 2.91 bits per heavy atom. The molecule has 1 fully saturated rings. The summed E-state index contributed by atoms with van der Waals surface area (Å²) in [6.07, 6.45) is 4.49. The molecule has 2 rings (SSSR count). The number of rotatable bonds is 9. The first-order chi connectivity index (χ1) is 11.3. The van der Waals surface area contributed by atoms with Gasteiger partial charge in [-0.1, -0.05) is 0 Å². The van der Waals surface area contributed by atoms with Crippen molar-refractivity contribution in [1.29, 1.82) is 0 Å². The molecule has 23 heavy (non-hydrogen) atoms. The fraction of sp³-hybridized carbons (Fsp3) is 0.933. The van der Waals surface area contributed by atoms with E-state index in [1.165, 1.54) is 0 Å². The number of methoxy groups -OCH3 is 1. The minimum absolute atomic E-state index is 0.0486. The number of hydrogen-bond donors (Lipinski definition) is 6. The van der Waals surface area contributed by atoms with E-state index in [9.17, 15) is 0 Å². The highest BCUT2D eigenvalue weighted by Gasteiger charge is 2.29. The molecule has 6 N–H and O–H groups in total. The molecule has 2 aliphatic heterocycles. The lowest BCUT2D eigenvalue weighted by Crippen LogP contribution is -2.65. The third kappa shape index (κ3) is 6.07. The smallest absolute Gasteiger partial charge is 0.151 e. The zero-order valence-corrected chi connectivity index (χ0v) is 14.6. The van der Waals surface area contributed by atoms with Crippen LogP contribution < -0.4 is 31.9 Å². The molecule has 0 radical (unpaired) electrons. The fourth-order valence-corrected chi connectivity index (χ4v) is 3.13. The van der Waals surface area contributed by atoms with Gasteiger partial charge in [0, 0.05) is 51.5 Å². The molecule has 0 spiro atoms. The summed E-state index contributed by atoms with van der Waals surface area (Å²) >= 11 is 0. The van der Waals surface area contributed by atoms with Crippen molar-refractivity contribution in [3.05, 3.63) is 0 Å². The van der Waals surface area contributed by atoms with Crippen LogP contribution in [0.5, 0.6) is 0 Å². The largest absolute Gasteiger partial charge is 0.359 e. The second-order valence-electron chi connectivity index (χ2n) is 6.18. The Labute approximate surface area is 139 Å². The molecule has 0 saturated carbocycles. The van der Waals surface area contributed by atoms with Crippen molar-refractivity contribution >= 4 is 6.21 Å². The van der Waals surface area contributed by atoms with Crippen molar-refractivity contribution in [3.63, 3.8) is 0 Å². The molecule has 2 heterocycles. The van der Waals surface area contributed by atoms with Gasteiger partial charge in [-0.2, -0.15) is 0 Å². The third-order valence-corrected chi connectivity index (χ3v) is 4.45. The molecule has 5 atom stereocenters. The van der Waals surface area contributed by atoms with E-state index < -0.39 is 0 Å². The van der Waals surface area contributed by atoms with Crippen molar-refractivity contribution < 1.29 is 4.74 Å². The van der Waals surface area contributed by atoms with Gasteiger partial charge in [0.1, 0.15) is 6.29 Å². The Morgan fingerprint density at radius 1 is 1.30 bits per heavy atom. The van der Waals surface area contributed by atoms with Crippen LogP contribution in [0.1, 0.15) is 12.8 Å². The lowest BCUT2D eigenvalue weighted by Gasteiger charge is -2.37. The fourth-order valence-electron chi connectivity index (χ4n) is 3.13. The van der Waals surface area contributed by atoms with Gasteiger partial charge in [0.15, 0.2) is 6.23 Å². The van der Waals surface area contributed by atoms with Crippen LogP contribution >= 0.6 is 0 Å². The Balaban J connectivity index is 1.80. The highest BCUT2D eigenvalue weighted by atomic mass is 16.5. The molecular weight excluding hydrogens is 294 g/mol. The normalized spacial score (nSPS) is 34.7. The first-order valence-corrected chi connectivity index (χ1v) is 8.61. The zero-order chi connectivity index (χ0) is 16.5.